The molecule has 6 heteroatoms. The van der Waals surface area contributed by atoms with Gasteiger partial charge in [-0.2, -0.15) is 0 Å². The van der Waals surface area contributed by atoms with E-state index in [9.17, 15) is 14.0 Å². The van der Waals surface area contributed by atoms with Crippen LogP contribution in [0.4, 0.5) is 4.39 Å². The lowest BCUT2D eigenvalue weighted by molar-refractivity contribution is -0.138. The lowest BCUT2D eigenvalue weighted by Gasteiger charge is -2.29. The maximum absolute atomic E-state index is 13.8. The van der Waals surface area contributed by atoms with Crippen LogP contribution >= 0.6 is 11.8 Å². The van der Waals surface area contributed by atoms with Crippen LogP contribution in [-0.2, 0) is 21.9 Å². The van der Waals surface area contributed by atoms with Gasteiger partial charge in [0.15, 0.2) is 0 Å². The predicted molar refractivity (Wildman–Crippen MR) is 122 cm³/mol. The minimum absolute atomic E-state index is 0.0475. The van der Waals surface area contributed by atoms with Crippen molar-refractivity contribution < 1.29 is 14.0 Å². The highest BCUT2D eigenvalue weighted by Crippen LogP contribution is 2.18. The Hall–Kier alpha value is -2.34. The van der Waals surface area contributed by atoms with Crippen molar-refractivity contribution >= 4 is 23.6 Å². The van der Waals surface area contributed by atoms with Crippen LogP contribution in [0.1, 0.15) is 43.9 Å². The molecule has 1 N–H and O–H groups in total. The Kier molecular flexibility index (Phi) is 9.37. The van der Waals surface area contributed by atoms with Crippen LogP contribution in [0, 0.1) is 12.7 Å². The lowest BCUT2D eigenvalue weighted by atomic mass is 10.1. The fraction of sp³-hybridized carbons (Fsp3) is 0.417. The number of hydrogen-bond donors (Lipinski definition) is 1. The number of hydrogen-bond acceptors (Lipinski definition) is 3. The molecule has 4 nitrogen and oxygen atoms in total. The third kappa shape index (κ3) is 7.17. The Balaban J connectivity index is 2.09. The fourth-order valence-corrected chi connectivity index (χ4v) is 3.90. The second-order valence-electron chi connectivity index (χ2n) is 7.59. The van der Waals surface area contributed by atoms with E-state index in [1.54, 1.807) is 30.0 Å². The standard InChI is InChI=1S/C24H31FN2O2S/c1-5-18(3)26-24(29)19(4)27(14-20-10-8-9-17(2)13-20)23(28)16-30-15-21-11-6-7-12-22(21)25/h6-13,18-19H,5,14-16H2,1-4H3,(H,26,29)/t18-,19-/m0/s1. The summed E-state index contributed by atoms with van der Waals surface area (Å²) < 4.78 is 13.8. The van der Waals surface area contributed by atoms with Gasteiger partial charge >= 0.3 is 0 Å². The first-order valence-corrected chi connectivity index (χ1v) is 11.4. The van der Waals surface area contributed by atoms with E-state index in [1.807, 2.05) is 45.0 Å². The van der Waals surface area contributed by atoms with Crippen molar-refractivity contribution in [3.05, 3.63) is 71.0 Å². The molecule has 0 saturated carbocycles. The topological polar surface area (TPSA) is 49.4 Å². The second kappa shape index (κ2) is 11.7. The molecule has 30 heavy (non-hydrogen) atoms. The average Bonchev–Trinajstić information content (AvgIpc) is 2.72. The first kappa shape index (κ1) is 23.9. The third-order valence-corrected chi connectivity index (χ3v) is 6.01. The Bertz CT molecular complexity index is 859. The van der Waals surface area contributed by atoms with Gasteiger partial charge in [0.1, 0.15) is 11.9 Å². The van der Waals surface area contributed by atoms with E-state index in [2.05, 4.69) is 5.32 Å². The molecular formula is C24H31FN2O2S. The number of amides is 2. The first-order chi connectivity index (χ1) is 14.3. The maximum Gasteiger partial charge on any atom is 0.242 e. The largest absolute Gasteiger partial charge is 0.352 e. The monoisotopic (exact) mass is 430 g/mol. The van der Waals surface area contributed by atoms with Gasteiger partial charge in [0.2, 0.25) is 11.8 Å². The number of nitrogens with one attached hydrogen (secondary N) is 1. The van der Waals surface area contributed by atoms with E-state index >= 15 is 0 Å². The highest BCUT2D eigenvalue weighted by Gasteiger charge is 2.26. The van der Waals surface area contributed by atoms with Crippen molar-refractivity contribution in [3.8, 4) is 0 Å². The molecule has 2 atom stereocenters. The number of benzene rings is 2. The number of nitrogens with zero attached hydrogens (tertiary/aromatic N) is 1. The third-order valence-electron chi connectivity index (χ3n) is 5.04. The summed E-state index contributed by atoms with van der Waals surface area (Å²) in [4.78, 5) is 27.3. The van der Waals surface area contributed by atoms with Crippen LogP contribution in [0.2, 0.25) is 0 Å². The van der Waals surface area contributed by atoms with Crippen molar-refractivity contribution in [2.24, 2.45) is 0 Å². The molecule has 0 heterocycles. The normalized spacial score (nSPS) is 12.8. The maximum atomic E-state index is 13.8. The molecule has 0 saturated heterocycles. The summed E-state index contributed by atoms with van der Waals surface area (Å²) in [5, 5.41) is 2.96. The van der Waals surface area contributed by atoms with Gasteiger partial charge in [-0.25, -0.2) is 4.39 Å². The zero-order valence-electron chi connectivity index (χ0n) is 18.2. The van der Waals surface area contributed by atoms with Gasteiger partial charge in [0, 0.05) is 18.3 Å². The molecule has 0 aliphatic heterocycles. The van der Waals surface area contributed by atoms with Crippen molar-refractivity contribution in [3.63, 3.8) is 0 Å². The van der Waals surface area contributed by atoms with Gasteiger partial charge in [-0.3, -0.25) is 9.59 Å². The zero-order chi connectivity index (χ0) is 22.1. The number of halogens is 1. The summed E-state index contributed by atoms with van der Waals surface area (Å²) in [7, 11) is 0. The quantitative estimate of drug-likeness (QED) is 0.594. The molecule has 162 valence electrons. The van der Waals surface area contributed by atoms with E-state index in [4.69, 9.17) is 0 Å². The number of thioether (sulfide) groups is 1. The van der Waals surface area contributed by atoms with E-state index < -0.39 is 6.04 Å². The van der Waals surface area contributed by atoms with E-state index in [0.717, 1.165) is 17.5 Å². The van der Waals surface area contributed by atoms with Crippen molar-refractivity contribution in [2.75, 3.05) is 5.75 Å². The molecule has 0 aromatic heterocycles. The van der Waals surface area contributed by atoms with Gasteiger partial charge < -0.3 is 10.2 Å². The van der Waals surface area contributed by atoms with Crippen LogP contribution < -0.4 is 5.32 Å². The van der Waals surface area contributed by atoms with E-state index in [0.29, 0.717) is 17.9 Å². The zero-order valence-corrected chi connectivity index (χ0v) is 19.0. The summed E-state index contributed by atoms with van der Waals surface area (Å²) in [6.45, 7) is 8.06. The van der Waals surface area contributed by atoms with Crippen LogP contribution in [0.5, 0.6) is 0 Å². The molecule has 0 aliphatic rings. The van der Waals surface area contributed by atoms with Gasteiger partial charge in [-0.15, -0.1) is 11.8 Å². The Morgan fingerprint density at radius 2 is 1.87 bits per heavy atom. The van der Waals surface area contributed by atoms with Crippen LogP contribution in [0.3, 0.4) is 0 Å². The second-order valence-corrected chi connectivity index (χ2v) is 8.57. The smallest absolute Gasteiger partial charge is 0.242 e. The molecule has 0 bridgehead atoms. The first-order valence-electron chi connectivity index (χ1n) is 10.3. The molecule has 2 aromatic rings. The van der Waals surface area contributed by atoms with Gasteiger partial charge in [-0.05, 0) is 44.4 Å². The lowest BCUT2D eigenvalue weighted by Crippen LogP contribution is -2.50. The minimum atomic E-state index is -0.596. The summed E-state index contributed by atoms with van der Waals surface area (Å²) in [6.07, 6.45) is 0.822. The number of carbonyl (C=O) groups is 2. The molecule has 0 radical (unpaired) electrons. The van der Waals surface area contributed by atoms with Crippen molar-refractivity contribution in [1.82, 2.24) is 10.2 Å². The minimum Gasteiger partial charge on any atom is -0.352 e. The molecule has 0 unspecified atom stereocenters. The predicted octanol–water partition coefficient (Wildman–Crippen LogP) is 4.70. The molecule has 0 spiro atoms. The summed E-state index contributed by atoms with van der Waals surface area (Å²) in [5.74, 6) is 0.0232. The summed E-state index contributed by atoms with van der Waals surface area (Å²) in [6, 6.07) is 14.0. The molecule has 2 rings (SSSR count). The Labute approximate surface area is 183 Å². The molecular weight excluding hydrogens is 399 g/mol. The number of aryl methyl sites for hydroxylation is 1. The molecule has 0 fully saturated rings. The number of rotatable bonds is 10. The van der Waals surface area contributed by atoms with Crippen molar-refractivity contribution in [1.29, 1.82) is 0 Å². The van der Waals surface area contributed by atoms with Crippen molar-refractivity contribution in [2.45, 2.75) is 58.5 Å². The van der Waals surface area contributed by atoms with Gasteiger partial charge in [0.05, 0.1) is 5.75 Å². The highest BCUT2D eigenvalue weighted by molar-refractivity contribution is 7.99. The van der Waals surface area contributed by atoms with E-state index in [-0.39, 0.29) is 29.4 Å². The fourth-order valence-electron chi connectivity index (χ4n) is 3.00. The number of carbonyl (C=O) groups excluding carboxylic acids is 2. The molecule has 2 aromatic carbocycles. The molecule has 0 aliphatic carbocycles. The highest BCUT2D eigenvalue weighted by atomic mass is 32.2. The van der Waals surface area contributed by atoms with Crippen LogP contribution in [0.25, 0.3) is 0 Å². The van der Waals surface area contributed by atoms with Gasteiger partial charge in [0.25, 0.3) is 0 Å². The van der Waals surface area contributed by atoms with Crippen LogP contribution in [0.15, 0.2) is 48.5 Å². The van der Waals surface area contributed by atoms with Gasteiger partial charge in [-0.1, -0.05) is 55.0 Å². The summed E-state index contributed by atoms with van der Waals surface area (Å²) >= 11 is 1.36. The van der Waals surface area contributed by atoms with Crippen LogP contribution in [-0.4, -0.2) is 34.6 Å². The Morgan fingerprint density at radius 3 is 2.53 bits per heavy atom. The average molecular weight is 431 g/mol. The summed E-state index contributed by atoms with van der Waals surface area (Å²) in [5.41, 5.74) is 2.65. The Morgan fingerprint density at radius 1 is 1.13 bits per heavy atom. The van der Waals surface area contributed by atoms with E-state index in [1.165, 1.54) is 17.8 Å². The molecule has 2 amide bonds. The SMILES string of the molecule is CC[C@H](C)NC(=O)[C@H](C)N(Cc1cccc(C)c1)C(=O)CSCc1ccccc1F.